The van der Waals surface area contributed by atoms with Crippen LogP contribution in [0.5, 0.6) is 0 Å². The van der Waals surface area contributed by atoms with Gasteiger partial charge in [0.25, 0.3) is 0 Å². The molecule has 0 atom stereocenters. The van der Waals surface area contributed by atoms with Crippen LogP contribution in [0.15, 0.2) is 24.3 Å². The molecule has 1 aromatic carbocycles. The van der Waals surface area contributed by atoms with E-state index in [2.05, 4.69) is 6.07 Å². The maximum Gasteiger partial charge on any atom is 0.214 e. The Hall–Kier alpha value is -0.580. The van der Waals surface area contributed by atoms with E-state index in [1.165, 1.54) is 5.56 Å². The molecule has 0 N–H and O–H groups in total. The van der Waals surface area contributed by atoms with Crippen LogP contribution >= 0.6 is 11.6 Å². The summed E-state index contributed by atoms with van der Waals surface area (Å²) in [5, 5.41) is 0. The molecule has 1 aliphatic rings. The van der Waals surface area contributed by atoms with E-state index in [9.17, 15) is 8.42 Å². The molecule has 1 aliphatic heterocycles. The summed E-state index contributed by atoms with van der Waals surface area (Å²) in [7, 11) is -3.14. The number of alkyl halides is 1. The first kappa shape index (κ1) is 12.9. The van der Waals surface area contributed by atoms with Crippen molar-refractivity contribution >= 4 is 21.6 Å². The summed E-state index contributed by atoms with van der Waals surface area (Å²) in [6.45, 7) is 1.09. The molecule has 0 saturated carbocycles. The Morgan fingerprint density at radius 3 is 2.65 bits per heavy atom. The molecular weight excluding hydrogens is 258 g/mol. The molecule has 2 rings (SSSR count). The first-order chi connectivity index (χ1) is 8.13. The number of hydrogen-bond donors (Lipinski definition) is 0. The number of halogens is 1. The average molecular weight is 274 g/mol. The molecule has 5 heteroatoms. The van der Waals surface area contributed by atoms with Gasteiger partial charge >= 0.3 is 0 Å². The molecule has 0 saturated heterocycles. The lowest BCUT2D eigenvalue weighted by Crippen LogP contribution is -2.37. The second-order valence-electron chi connectivity index (χ2n) is 4.21. The van der Waals surface area contributed by atoms with Crippen LogP contribution in [0.1, 0.15) is 17.5 Å². The zero-order valence-electron chi connectivity index (χ0n) is 9.60. The van der Waals surface area contributed by atoms with E-state index in [0.29, 0.717) is 25.4 Å². The molecular formula is C12H16ClNO2S. The quantitative estimate of drug-likeness (QED) is 0.787. The predicted molar refractivity (Wildman–Crippen MR) is 69.7 cm³/mol. The van der Waals surface area contributed by atoms with Crippen LogP contribution < -0.4 is 0 Å². The van der Waals surface area contributed by atoms with E-state index in [1.54, 1.807) is 4.31 Å². The minimum Gasteiger partial charge on any atom is -0.212 e. The Labute approximate surface area is 107 Å². The number of sulfonamides is 1. The van der Waals surface area contributed by atoms with Crippen molar-refractivity contribution in [2.45, 2.75) is 19.4 Å². The standard InChI is InChI=1S/C12H16ClNO2S/c13-7-3-9-17(15,16)14-8-6-11-4-1-2-5-12(11)10-14/h1-2,4-5H,3,6-10H2. The zero-order valence-corrected chi connectivity index (χ0v) is 11.2. The largest absolute Gasteiger partial charge is 0.214 e. The van der Waals surface area contributed by atoms with Crippen molar-refractivity contribution < 1.29 is 8.42 Å². The topological polar surface area (TPSA) is 37.4 Å². The van der Waals surface area contributed by atoms with Gasteiger partial charge in [-0.3, -0.25) is 0 Å². The van der Waals surface area contributed by atoms with Gasteiger partial charge in [-0.25, -0.2) is 8.42 Å². The van der Waals surface area contributed by atoms with Crippen LogP contribution in [0.25, 0.3) is 0 Å². The lowest BCUT2D eigenvalue weighted by atomic mass is 10.0. The number of fused-ring (bicyclic) bond motifs is 1. The van der Waals surface area contributed by atoms with E-state index in [-0.39, 0.29) is 5.75 Å². The first-order valence-electron chi connectivity index (χ1n) is 5.74. The van der Waals surface area contributed by atoms with Crippen LogP contribution in [0.3, 0.4) is 0 Å². The third-order valence-electron chi connectivity index (χ3n) is 3.02. The van der Waals surface area contributed by atoms with Gasteiger partial charge < -0.3 is 0 Å². The van der Waals surface area contributed by atoms with Gasteiger partial charge in [0.15, 0.2) is 0 Å². The summed E-state index contributed by atoms with van der Waals surface area (Å²) in [6, 6.07) is 8.01. The molecule has 0 radical (unpaired) electrons. The molecule has 0 unspecified atom stereocenters. The number of nitrogens with zero attached hydrogens (tertiary/aromatic N) is 1. The highest BCUT2D eigenvalue weighted by Crippen LogP contribution is 2.21. The van der Waals surface area contributed by atoms with Crippen LogP contribution in [-0.2, 0) is 23.0 Å². The SMILES string of the molecule is O=S(=O)(CCCCl)N1CCc2ccccc2C1. The summed E-state index contributed by atoms with van der Waals surface area (Å²) in [5.74, 6) is 0.544. The minimum absolute atomic E-state index is 0.151. The fourth-order valence-corrected chi connectivity index (χ4v) is 3.84. The summed E-state index contributed by atoms with van der Waals surface area (Å²) in [5.41, 5.74) is 2.38. The summed E-state index contributed by atoms with van der Waals surface area (Å²) in [4.78, 5) is 0. The highest BCUT2D eigenvalue weighted by Gasteiger charge is 2.25. The van der Waals surface area contributed by atoms with Crippen molar-refractivity contribution in [2.75, 3.05) is 18.2 Å². The molecule has 0 amide bonds. The normalized spacial score (nSPS) is 16.8. The monoisotopic (exact) mass is 273 g/mol. The Bertz CT molecular complexity index is 487. The second kappa shape index (κ2) is 5.38. The second-order valence-corrected chi connectivity index (χ2v) is 6.68. The Balaban J connectivity index is 2.12. The van der Waals surface area contributed by atoms with Crippen molar-refractivity contribution in [3.8, 4) is 0 Å². The van der Waals surface area contributed by atoms with Gasteiger partial charge in [-0.15, -0.1) is 11.6 Å². The van der Waals surface area contributed by atoms with Crippen molar-refractivity contribution in [2.24, 2.45) is 0 Å². The Morgan fingerprint density at radius 1 is 1.24 bits per heavy atom. The molecule has 0 bridgehead atoms. The highest BCUT2D eigenvalue weighted by molar-refractivity contribution is 7.89. The third-order valence-corrected chi connectivity index (χ3v) is 5.20. The fourth-order valence-electron chi connectivity index (χ4n) is 2.07. The van der Waals surface area contributed by atoms with Crippen LogP contribution in [0.2, 0.25) is 0 Å². The molecule has 94 valence electrons. The molecule has 0 aromatic heterocycles. The molecule has 1 aromatic rings. The van der Waals surface area contributed by atoms with Crippen LogP contribution in [0.4, 0.5) is 0 Å². The van der Waals surface area contributed by atoms with E-state index >= 15 is 0 Å². The summed E-state index contributed by atoms with van der Waals surface area (Å²) < 4.78 is 25.6. The summed E-state index contributed by atoms with van der Waals surface area (Å²) in [6.07, 6.45) is 1.32. The number of hydrogen-bond acceptors (Lipinski definition) is 2. The van der Waals surface area contributed by atoms with E-state index in [1.807, 2.05) is 18.2 Å². The van der Waals surface area contributed by atoms with Gasteiger partial charge in [-0.1, -0.05) is 24.3 Å². The maximum atomic E-state index is 12.0. The first-order valence-corrected chi connectivity index (χ1v) is 7.88. The Kier molecular flexibility index (Phi) is 4.07. The maximum absolute atomic E-state index is 12.0. The van der Waals surface area contributed by atoms with Crippen molar-refractivity contribution in [1.29, 1.82) is 0 Å². The smallest absolute Gasteiger partial charge is 0.212 e. The highest BCUT2D eigenvalue weighted by atomic mass is 35.5. The van der Waals surface area contributed by atoms with E-state index < -0.39 is 10.0 Å². The molecule has 0 spiro atoms. The lowest BCUT2D eigenvalue weighted by molar-refractivity contribution is 0.391. The Morgan fingerprint density at radius 2 is 1.94 bits per heavy atom. The van der Waals surface area contributed by atoms with Crippen molar-refractivity contribution in [3.05, 3.63) is 35.4 Å². The van der Waals surface area contributed by atoms with Crippen molar-refractivity contribution in [3.63, 3.8) is 0 Å². The van der Waals surface area contributed by atoms with E-state index in [4.69, 9.17) is 11.6 Å². The van der Waals surface area contributed by atoms with Gasteiger partial charge in [0.2, 0.25) is 10.0 Å². The zero-order chi connectivity index (χ0) is 12.3. The van der Waals surface area contributed by atoms with Crippen molar-refractivity contribution in [1.82, 2.24) is 4.31 Å². The van der Waals surface area contributed by atoms with E-state index in [0.717, 1.165) is 12.0 Å². The predicted octanol–water partition coefficient (Wildman–Crippen LogP) is 2.00. The van der Waals surface area contributed by atoms with Gasteiger partial charge in [-0.2, -0.15) is 4.31 Å². The van der Waals surface area contributed by atoms with Gasteiger partial charge in [0, 0.05) is 19.0 Å². The fraction of sp³-hybridized carbons (Fsp3) is 0.500. The minimum atomic E-state index is -3.14. The van der Waals surface area contributed by atoms with Gasteiger partial charge in [-0.05, 0) is 24.0 Å². The number of rotatable bonds is 4. The third kappa shape index (κ3) is 3.00. The molecule has 0 fully saturated rings. The lowest BCUT2D eigenvalue weighted by Gasteiger charge is -2.27. The molecule has 1 heterocycles. The van der Waals surface area contributed by atoms with Gasteiger partial charge in [0.05, 0.1) is 5.75 Å². The van der Waals surface area contributed by atoms with Gasteiger partial charge in [0.1, 0.15) is 0 Å². The summed E-state index contributed by atoms with van der Waals surface area (Å²) >= 11 is 5.54. The average Bonchev–Trinajstić information content (AvgIpc) is 2.36. The van der Waals surface area contributed by atoms with Crippen LogP contribution in [0, 0.1) is 0 Å². The molecule has 17 heavy (non-hydrogen) atoms. The van der Waals surface area contributed by atoms with Crippen LogP contribution in [-0.4, -0.2) is 30.9 Å². The molecule has 0 aliphatic carbocycles. The molecule has 3 nitrogen and oxygen atoms in total. The number of benzene rings is 1.